The second-order valence-electron chi connectivity index (χ2n) is 4.02. The lowest BCUT2D eigenvalue weighted by Gasteiger charge is -2.03. The molecule has 2 rings (SSSR count). The zero-order chi connectivity index (χ0) is 12.4. The Morgan fingerprint density at radius 1 is 1.41 bits per heavy atom. The lowest BCUT2D eigenvalue weighted by molar-refractivity contribution is 0.0995. The highest BCUT2D eigenvalue weighted by Crippen LogP contribution is 2.06. The van der Waals surface area contributed by atoms with Gasteiger partial charge in [-0.2, -0.15) is 5.10 Å². The van der Waals surface area contributed by atoms with Crippen LogP contribution in [-0.4, -0.2) is 20.7 Å². The van der Waals surface area contributed by atoms with E-state index in [-0.39, 0.29) is 5.69 Å². The van der Waals surface area contributed by atoms with Crippen LogP contribution in [0.3, 0.4) is 0 Å². The molecule has 2 heterocycles. The molecule has 5 heteroatoms. The summed E-state index contributed by atoms with van der Waals surface area (Å²) in [5.74, 6) is -0.510. The molecule has 0 unspecified atom stereocenters. The summed E-state index contributed by atoms with van der Waals surface area (Å²) in [7, 11) is 0. The van der Waals surface area contributed by atoms with Gasteiger partial charge in [0, 0.05) is 11.9 Å². The fourth-order valence-corrected chi connectivity index (χ4v) is 1.54. The van der Waals surface area contributed by atoms with E-state index < -0.39 is 5.91 Å². The number of aromatic nitrogens is 3. The number of hydrogen-bond donors (Lipinski definition) is 1. The van der Waals surface area contributed by atoms with Crippen LogP contribution >= 0.6 is 0 Å². The van der Waals surface area contributed by atoms with E-state index >= 15 is 0 Å². The molecule has 0 atom stereocenters. The zero-order valence-corrected chi connectivity index (χ0v) is 9.84. The van der Waals surface area contributed by atoms with Gasteiger partial charge in [-0.15, -0.1) is 0 Å². The van der Waals surface area contributed by atoms with Gasteiger partial charge in [0.25, 0.3) is 5.91 Å². The van der Waals surface area contributed by atoms with E-state index in [0.717, 1.165) is 17.0 Å². The number of hydrogen-bond acceptors (Lipinski definition) is 3. The number of carbonyl (C=O) groups excluding carboxylic acids is 1. The maximum absolute atomic E-state index is 11.0. The van der Waals surface area contributed by atoms with Gasteiger partial charge in [-0.3, -0.25) is 14.5 Å². The van der Waals surface area contributed by atoms with E-state index in [2.05, 4.69) is 10.1 Å². The Hall–Kier alpha value is -2.17. The predicted octanol–water partition coefficient (Wildman–Crippen LogP) is 1.04. The van der Waals surface area contributed by atoms with Crippen LogP contribution in [-0.2, 0) is 6.54 Å². The predicted molar refractivity (Wildman–Crippen MR) is 63.6 cm³/mol. The summed E-state index contributed by atoms with van der Waals surface area (Å²) in [5.41, 5.74) is 8.37. The molecule has 2 aromatic rings. The van der Waals surface area contributed by atoms with Crippen LogP contribution in [0, 0.1) is 13.8 Å². The van der Waals surface area contributed by atoms with Crippen molar-refractivity contribution < 1.29 is 4.79 Å². The van der Waals surface area contributed by atoms with Crippen molar-refractivity contribution in [2.75, 3.05) is 0 Å². The molecule has 0 spiro atoms. The molecule has 1 amide bonds. The Balaban J connectivity index is 2.24. The first-order chi connectivity index (χ1) is 8.06. The average molecular weight is 230 g/mol. The Labute approximate surface area is 99.3 Å². The lowest BCUT2D eigenvalue weighted by Crippen LogP contribution is -2.13. The third-order valence-corrected chi connectivity index (χ3v) is 2.52. The fraction of sp³-hybridized carbons (Fsp3) is 0.250. The average Bonchev–Trinajstić information content (AvgIpc) is 2.64. The van der Waals surface area contributed by atoms with E-state index in [9.17, 15) is 4.79 Å². The number of aryl methyl sites for hydroxylation is 2. The van der Waals surface area contributed by atoms with Crippen LogP contribution in [0.5, 0.6) is 0 Å². The zero-order valence-electron chi connectivity index (χ0n) is 9.84. The summed E-state index contributed by atoms with van der Waals surface area (Å²) >= 11 is 0. The Bertz CT molecular complexity index is 542. The van der Waals surface area contributed by atoms with Gasteiger partial charge in [-0.05, 0) is 31.5 Å². The number of amides is 1. The largest absolute Gasteiger partial charge is 0.364 e. The summed E-state index contributed by atoms with van der Waals surface area (Å²) < 4.78 is 1.72. The van der Waals surface area contributed by atoms with E-state index in [1.807, 2.05) is 32.2 Å². The first-order valence-corrected chi connectivity index (χ1v) is 5.32. The third kappa shape index (κ3) is 2.50. The van der Waals surface area contributed by atoms with Crippen molar-refractivity contribution in [3.8, 4) is 0 Å². The van der Waals surface area contributed by atoms with Crippen LogP contribution in [0.25, 0.3) is 0 Å². The van der Waals surface area contributed by atoms with Crippen molar-refractivity contribution >= 4 is 5.91 Å². The van der Waals surface area contributed by atoms with E-state index in [4.69, 9.17) is 5.73 Å². The van der Waals surface area contributed by atoms with Crippen LogP contribution < -0.4 is 5.73 Å². The van der Waals surface area contributed by atoms with E-state index in [0.29, 0.717) is 6.54 Å². The van der Waals surface area contributed by atoms with Crippen molar-refractivity contribution in [3.05, 3.63) is 47.0 Å². The van der Waals surface area contributed by atoms with E-state index in [1.54, 1.807) is 10.7 Å². The minimum atomic E-state index is -0.510. The number of primary amides is 1. The molecular weight excluding hydrogens is 216 g/mol. The van der Waals surface area contributed by atoms with Crippen LogP contribution in [0.4, 0.5) is 0 Å². The van der Waals surface area contributed by atoms with Gasteiger partial charge < -0.3 is 5.73 Å². The van der Waals surface area contributed by atoms with Crippen LogP contribution in [0.15, 0.2) is 24.4 Å². The molecule has 0 radical (unpaired) electrons. The lowest BCUT2D eigenvalue weighted by atomic mass is 10.3. The van der Waals surface area contributed by atoms with Crippen molar-refractivity contribution in [1.82, 2.24) is 14.8 Å². The Morgan fingerprint density at radius 2 is 2.18 bits per heavy atom. The minimum Gasteiger partial charge on any atom is -0.364 e. The third-order valence-electron chi connectivity index (χ3n) is 2.52. The second kappa shape index (κ2) is 4.37. The molecule has 2 N–H and O–H groups in total. The highest BCUT2D eigenvalue weighted by atomic mass is 16.1. The van der Waals surface area contributed by atoms with Gasteiger partial charge in [0.05, 0.1) is 12.2 Å². The number of pyridine rings is 1. The molecule has 0 aliphatic heterocycles. The molecule has 0 fully saturated rings. The molecule has 0 saturated heterocycles. The number of nitrogens with zero attached hydrogens (tertiary/aromatic N) is 3. The summed E-state index contributed by atoms with van der Waals surface area (Å²) in [5, 5.41) is 4.13. The van der Waals surface area contributed by atoms with Gasteiger partial charge in [0.1, 0.15) is 5.69 Å². The van der Waals surface area contributed by atoms with Gasteiger partial charge in [-0.25, -0.2) is 0 Å². The summed E-state index contributed by atoms with van der Waals surface area (Å²) in [4.78, 5) is 15.3. The van der Waals surface area contributed by atoms with Crippen molar-refractivity contribution in [1.29, 1.82) is 0 Å². The van der Waals surface area contributed by atoms with Gasteiger partial charge in [0.15, 0.2) is 0 Å². The quantitative estimate of drug-likeness (QED) is 0.856. The normalized spacial score (nSPS) is 10.5. The molecule has 0 aliphatic rings. The smallest absolute Gasteiger partial charge is 0.269 e. The number of nitrogens with two attached hydrogens (primary N) is 1. The fourth-order valence-electron chi connectivity index (χ4n) is 1.54. The topological polar surface area (TPSA) is 73.8 Å². The summed E-state index contributed by atoms with van der Waals surface area (Å²) in [6, 6.07) is 5.62. The molecule has 17 heavy (non-hydrogen) atoms. The Kier molecular flexibility index (Phi) is 2.91. The molecule has 0 saturated carbocycles. The SMILES string of the molecule is Cc1ccc(Cn2nc(C(N)=O)cc2C)nc1. The molecule has 2 aromatic heterocycles. The maximum Gasteiger partial charge on any atom is 0.269 e. The van der Waals surface area contributed by atoms with E-state index in [1.165, 1.54) is 0 Å². The maximum atomic E-state index is 11.0. The van der Waals surface area contributed by atoms with Crippen molar-refractivity contribution in [2.45, 2.75) is 20.4 Å². The molecule has 88 valence electrons. The molecule has 0 aromatic carbocycles. The molecule has 5 nitrogen and oxygen atoms in total. The molecular formula is C12H14N4O. The molecule has 0 bridgehead atoms. The summed E-state index contributed by atoms with van der Waals surface area (Å²) in [6.45, 7) is 4.41. The second-order valence-corrected chi connectivity index (χ2v) is 4.02. The van der Waals surface area contributed by atoms with Gasteiger partial charge >= 0.3 is 0 Å². The highest BCUT2D eigenvalue weighted by molar-refractivity contribution is 5.90. The minimum absolute atomic E-state index is 0.287. The van der Waals surface area contributed by atoms with Crippen molar-refractivity contribution in [3.63, 3.8) is 0 Å². The van der Waals surface area contributed by atoms with Crippen molar-refractivity contribution in [2.24, 2.45) is 5.73 Å². The standard InChI is InChI=1S/C12H14N4O/c1-8-3-4-10(14-6-8)7-16-9(2)5-11(15-16)12(13)17/h3-6H,7H2,1-2H3,(H2,13,17). The van der Waals surface area contributed by atoms with Gasteiger partial charge in [0.2, 0.25) is 0 Å². The highest BCUT2D eigenvalue weighted by Gasteiger charge is 2.09. The van der Waals surface area contributed by atoms with Gasteiger partial charge in [-0.1, -0.05) is 6.07 Å². The first-order valence-electron chi connectivity index (χ1n) is 5.32. The van der Waals surface area contributed by atoms with Crippen LogP contribution in [0.2, 0.25) is 0 Å². The number of rotatable bonds is 3. The Morgan fingerprint density at radius 3 is 2.71 bits per heavy atom. The monoisotopic (exact) mass is 230 g/mol. The number of carbonyl (C=O) groups is 1. The van der Waals surface area contributed by atoms with Crippen LogP contribution in [0.1, 0.15) is 27.4 Å². The first kappa shape index (κ1) is 11.3. The molecule has 0 aliphatic carbocycles. The summed E-state index contributed by atoms with van der Waals surface area (Å²) in [6.07, 6.45) is 1.81.